The van der Waals surface area contributed by atoms with Crippen LogP contribution < -0.4 is 5.32 Å². The van der Waals surface area contributed by atoms with Crippen molar-refractivity contribution in [3.8, 4) is 0 Å². The maximum Gasteiger partial charge on any atom is 0.251 e. The monoisotopic (exact) mass is 470 g/mol. The molecular formula is C24H30N4O4S. The van der Waals surface area contributed by atoms with Crippen molar-refractivity contribution in [3.63, 3.8) is 0 Å². The van der Waals surface area contributed by atoms with Gasteiger partial charge in [-0.1, -0.05) is 18.2 Å². The Morgan fingerprint density at radius 3 is 2.55 bits per heavy atom. The highest BCUT2D eigenvalue weighted by Gasteiger charge is 2.32. The van der Waals surface area contributed by atoms with Crippen LogP contribution in [0.4, 0.5) is 0 Å². The molecule has 3 aromatic rings. The average Bonchev–Trinajstić information content (AvgIpc) is 3.17. The van der Waals surface area contributed by atoms with Crippen LogP contribution in [0.15, 0.2) is 53.4 Å². The molecule has 1 amide bonds. The molecule has 1 N–H and O–H groups in total. The number of imidazole rings is 1. The number of rotatable bonds is 6. The normalized spacial score (nSPS) is 20.6. The summed E-state index contributed by atoms with van der Waals surface area (Å²) in [5, 5.41) is 2.97. The number of sulfonamides is 1. The Labute approximate surface area is 194 Å². The lowest BCUT2D eigenvalue weighted by molar-refractivity contribution is -0.0440. The predicted octanol–water partition coefficient (Wildman–Crippen LogP) is 3.35. The summed E-state index contributed by atoms with van der Waals surface area (Å²) >= 11 is 0. The van der Waals surface area contributed by atoms with Crippen molar-refractivity contribution < 1.29 is 17.9 Å². The lowest BCUT2D eigenvalue weighted by atomic mass is 10.2. The van der Waals surface area contributed by atoms with Crippen LogP contribution in [0.5, 0.6) is 0 Å². The number of nitrogens with one attached hydrogen (secondary N) is 1. The SMILES string of the molecule is CCn1c(C(C)NC(=O)c2cccc(S(=O)(=O)N3CC(C)OC(C)C3)c2)nc2ccccc21. The fraction of sp³-hybridized carbons (Fsp3) is 0.417. The van der Waals surface area contributed by atoms with E-state index in [9.17, 15) is 13.2 Å². The van der Waals surface area contributed by atoms with E-state index < -0.39 is 10.0 Å². The highest BCUT2D eigenvalue weighted by molar-refractivity contribution is 7.89. The fourth-order valence-corrected chi connectivity index (χ4v) is 6.01. The zero-order chi connectivity index (χ0) is 23.8. The van der Waals surface area contributed by atoms with E-state index in [2.05, 4.69) is 9.88 Å². The van der Waals surface area contributed by atoms with E-state index in [1.54, 1.807) is 12.1 Å². The largest absolute Gasteiger partial charge is 0.373 e. The van der Waals surface area contributed by atoms with Crippen LogP contribution in [0.25, 0.3) is 11.0 Å². The fourth-order valence-electron chi connectivity index (χ4n) is 4.38. The van der Waals surface area contributed by atoms with E-state index in [0.717, 1.165) is 23.4 Å². The van der Waals surface area contributed by atoms with Crippen LogP contribution in [-0.4, -0.2) is 53.5 Å². The topological polar surface area (TPSA) is 93.5 Å². The van der Waals surface area contributed by atoms with Crippen LogP contribution >= 0.6 is 0 Å². The van der Waals surface area contributed by atoms with E-state index in [0.29, 0.717) is 0 Å². The molecule has 8 nitrogen and oxygen atoms in total. The quantitative estimate of drug-likeness (QED) is 0.596. The number of aromatic nitrogens is 2. The molecule has 2 heterocycles. The number of ether oxygens (including phenoxy) is 1. The smallest absolute Gasteiger partial charge is 0.251 e. The van der Waals surface area contributed by atoms with Gasteiger partial charge in [0.1, 0.15) is 5.82 Å². The first kappa shape index (κ1) is 23.4. The second-order valence-electron chi connectivity index (χ2n) is 8.51. The molecule has 0 saturated carbocycles. The Balaban J connectivity index is 1.56. The van der Waals surface area contributed by atoms with Gasteiger partial charge in [0.15, 0.2) is 0 Å². The third-order valence-corrected chi connectivity index (χ3v) is 7.68. The molecular weight excluding hydrogens is 440 g/mol. The maximum atomic E-state index is 13.2. The van der Waals surface area contributed by atoms with Gasteiger partial charge in [-0.15, -0.1) is 0 Å². The molecule has 2 aromatic carbocycles. The molecule has 4 rings (SSSR count). The third-order valence-electron chi connectivity index (χ3n) is 5.86. The predicted molar refractivity (Wildman–Crippen MR) is 126 cm³/mol. The summed E-state index contributed by atoms with van der Waals surface area (Å²) < 4.78 is 35.6. The van der Waals surface area contributed by atoms with Gasteiger partial charge in [0, 0.05) is 25.2 Å². The number of nitrogens with zero attached hydrogens (tertiary/aromatic N) is 3. The molecule has 176 valence electrons. The van der Waals surface area contributed by atoms with Crippen LogP contribution in [-0.2, 0) is 21.3 Å². The third kappa shape index (κ3) is 4.66. The van der Waals surface area contributed by atoms with Gasteiger partial charge in [0.05, 0.1) is 34.2 Å². The standard InChI is InChI=1S/C24H30N4O4S/c1-5-28-22-12-7-6-11-21(22)26-23(28)18(4)25-24(29)19-9-8-10-20(13-19)33(30,31)27-14-16(2)32-17(3)15-27/h6-13,16-18H,5,14-15H2,1-4H3,(H,25,29). The van der Waals surface area contributed by atoms with Gasteiger partial charge < -0.3 is 14.6 Å². The summed E-state index contributed by atoms with van der Waals surface area (Å²) in [6.07, 6.45) is -0.373. The highest BCUT2D eigenvalue weighted by Crippen LogP contribution is 2.23. The average molecular weight is 471 g/mol. The maximum absolute atomic E-state index is 13.2. The Bertz CT molecular complexity index is 1260. The molecule has 3 unspecified atom stereocenters. The number of para-hydroxylation sites is 2. The van der Waals surface area contributed by atoms with Crippen molar-refractivity contribution in [2.75, 3.05) is 13.1 Å². The molecule has 9 heteroatoms. The molecule has 1 aliphatic rings. The van der Waals surface area contributed by atoms with Crippen LogP contribution in [0, 0.1) is 0 Å². The second kappa shape index (κ2) is 9.24. The number of morpholine rings is 1. The number of fused-ring (bicyclic) bond motifs is 1. The van der Waals surface area contributed by atoms with Gasteiger partial charge in [-0.3, -0.25) is 4.79 Å². The Morgan fingerprint density at radius 1 is 1.15 bits per heavy atom. The van der Waals surface area contributed by atoms with Gasteiger partial charge in [0.25, 0.3) is 5.91 Å². The van der Waals surface area contributed by atoms with Crippen molar-refractivity contribution in [2.45, 2.75) is 57.4 Å². The number of amides is 1. The lowest BCUT2D eigenvalue weighted by Gasteiger charge is -2.34. The summed E-state index contributed by atoms with van der Waals surface area (Å²) in [6, 6.07) is 13.7. The summed E-state index contributed by atoms with van der Waals surface area (Å²) in [7, 11) is -3.74. The Hall–Kier alpha value is -2.75. The van der Waals surface area contributed by atoms with Crippen molar-refractivity contribution in [1.82, 2.24) is 19.2 Å². The number of benzene rings is 2. The number of carbonyl (C=O) groups excluding carboxylic acids is 1. The molecule has 0 aliphatic carbocycles. The zero-order valence-corrected chi connectivity index (χ0v) is 20.2. The molecule has 0 radical (unpaired) electrons. The molecule has 0 bridgehead atoms. The van der Waals surface area contributed by atoms with E-state index >= 15 is 0 Å². The molecule has 33 heavy (non-hydrogen) atoms. The minimum Gasteiger partial charge on any atom is -0.373 e. The molecule has 1 aliphatic heterocycles. The zero-order valence-electron chi connectivity index (χ0n) is 19.4. The lowest BCUT2D eigenvalue weighted by Crippen LogP contribution is -2.48. The summed E-state index contributed by atoms with van der Waals surface area (Å²) in [5.74, 6) is 0.407. The number of aryl methyl sites for hydroxylation is 1. The number of carbonyl (C=O) groups is 1. The highest BCUT2D eigenvalue weighted by atomic mass is 32.2. The van der Waals surface area contributed by atoms with Gasteiger partial charge in [0.2, 0.25) is 10.0 Å². The minimum atomic E-state index is -3.74. The van der Waals surface area contributed by atoms with E-state index in [1.165, 1.54) is 16.4 Å². The first-order valence-electron chi connectivity index (χ1n) is 11.2. The first-order chi connectivity index (χ1) is 15.7. The second-order valence-corrected chi connectivity index (χ2v) is 10.4. The van der Waals surface area contributed by atoms with Crippen molar-refractivity contribution in [3.05, 3.63) is 59.9 Å². The Morgan fingerprint density at radius 2 is 1.85 bits per heavy atom. The Kier molecular flexibility index (Phi) is 6.56. The molecule has 1 fully saturated rings. The van der Waals surface area contributed by atoms with Crippen molar-refractivity contribution in [1.29, 1.82) is 0 Å². The minimum absolute atomic E-state index is 0.102. The van der Waals surface area contributed by atoms with Crippen LogP contribution in [0.1, 0.15) is 49.9 Å². The molecule has 0 spiro atoms. The number of hydrogen-bond donors (Lipinski definition) is 1. The van der Waals surface area contributed by atoms with Crippen molar-refractivity contribution >= 4 is 27.0 Å². The summed E-state index contributed by atoms with van der Waals surface area (Å²) in [5.41, 5.74) is 2.17. The van der Waals surface area contributed by atoms with Gasteiger partial charge in [-0.05, 0) is 58.0 Å². The molecule has 1 aromatic heterocycles. The molecule has 1 saturated heterocycles. The number of hydrogen-bond acceptors (Lipinski definition) is 5. The van der Waals surface area contributed by atoms with E-state index in [1.807, 2.05) is 52.0 Å². The van der Waals surface area contributed by atoms with Gasteiger partial charge >= 0.3 is 0 Å². The van der Waals surface area contributed by atoms with Crippen molar-refractivity contribution in [2.24, 2.45) is 0 Å². The van der Waals surface area contributed by atoms with E-state index in [-0.39, 0.29) is 47.7 Å². The van der Waals surface area contributed by atoms with Crippen LogP contribution in [0.3, 0.4) is 0 Å². The van der Waals surface area contributed by atoms with Crippen LogP contribution in [0.2, 0.25) is 0 Å². The first-order valence-corrected chi connectivity index (χ1v) is 12.7. The van der Waals surface area contributed by atoms with E-state index in [4.69, 9.17) is 9.72 Å². The molecule has 3 atom stereocenters. The van der Waals surface area contributed by atoms with Gasteiger partial charge in [-0.2, -0.15) is 4.31 Å². The van der Waals surface area contributed by atoms with Gasteiger partial charge in [-0.25, -0.2) is 13.4 Å². The summed E-state index contributed by atoms with van der Waals surface area (Å²) in [6.45, 7) is 8.91. The summed E-state index contributed by atoms with van der Waals surface area (Å²) in [4.78, 5) is 17.8.